The highest BCUT2D eigenvalue weighted by Gasteiger charge is 2.18. The van der Waals surface area contributed by atoms with Gasteiger partial charge in [-0.25, -0.2) is 9.59 Å². The monoisotopic (exact) mass is 486 g/mol. The minimum absolute atomic E-state index is 0.205. The van der Waals surface area contributed by atoms with Gasteiger partial charge in [-0.3, -0.25) is 0 Å². The fourth-order valence-corrected chi connectivity index (χ4v) is 3.47. The van der Waals surface area contributed by atoms with Gasteiger partial charge in [0.15, 0.2) is 6.10 Å². The lowest BCUT2D eigenvalue weighted by atomic mass is 10.1. The van der Waals surface area contributed by atoms with Crippen LogP contribution in [0.1, 0.15) is 38.3 Å². The fourth-order valence-electron chi connectivity index (χ4n) is 3.47. The van der Waals surface area contributed by atoms with E-state index in [1.807, 2.05) is 37.3 Å². The number of aliphatic carboxylic acids is 1. The molecule has 2 amide bonds. The molecule has 1 unspecified atom stereocenters. The van der Waals surface area contributed by atoms with E-state index in [0.717, 1.165) is 17.5 Å². The summed E-state index contributed by atoms with van der Waals surface area (Å²) in [6.07, 6.45) is 0.291. The third kappa shape index (κ3) is 9.48. The molecule has 0 spiro atoms. The van der Waals surface area contributed by atoms with E-state index >= 15 is 0 Å². The summed E-state index contributed by atoms with van der Waals surface area (Å²) in [6.45, 7) is 9.67. The average molecular weight is 487 g/mol. The number of hydrogen-bond donors (Lipinski definition) is 2. The Balaban J connectivity index is 1.97. The van der Waals surface area contributed by atoms with E-state index < -0.39 is 12.1 Å². The van der Waals surface area contributed by atoms with Crippen LogP contribution in [0.3, 0.4) is 0 Å². The quantitative estimate of drug-likeness (QED) is 0.390. The van der Waals surface area contributed by atoms with Crippen LogP contribution in [-0.4, -0.2) is 61.5 Å². The SMILES string of the molecule is CCOC(Cc1ccc(OCCN(CCC(C)C)C(=O)Nc2cc(C)ccc2OC)cc1)C(=O)O. The molecule has 0 aromatic heterocycles. The van der Waals surface area contributed by atoms with Crippen molar-refractivity contribution in [3.05, 3.63) is 53.6 Å². The molecule has 0 aliphatic carbocycles. The first-order valence-electron chi connectivity index (χ1n) is 12.0. The molecule has 0 saturated heterocycles. The molecule has 0 bridgehead atoms. The second kappa shape index (κ2) is 14.2. The van der Waals surface area contributed by atoms with Gasteiger partial charge in [-0.1, -0.05) is 32.0 Å². The second-order valence-corrected chi connectivity index (χ2v) is 8.78. The molecule has 0 aliphatic heterocycles. The van der Waals surface area contributed by atoms with E-state index in [9.17, 15) is 14.7 Å². The topological polar surface area (TPSA) is 97.3 Å². The minimum Gasteiger partial charge on any atom is -0.495 e. The molecular weight excluding hydrogens is 448 g/mol. The van der Waals surface area contributed by atoms with Crippen molar-refractivity contribution in [3.63, 3.8) is 0 Å². The number of nitrogens with one attached hydrogen (secondary N) is 1. The molecule has 0 fully saturated rings. The Bertz CT molecular complexity index is 945. The van der Waals surface area contributed by atoms with Gasteiger partial charge in [0.05, 0.1) is 19.3 Å². The van der Waals surface area contributed by atoms with Gasteiger partial charge >= 0.3 is 12.0 Å². The first kappa shape index (κ1) is 28.0. The lowest BCUT2D eigenvalue weighted by molar-refractivity contribution is -0.149. The van der Waals surface area contributed by atoms with Crippen LogP contribution in [0.25, 0.3) is 0 Å². The molecule has 0 heterocycles. The summed E-state index contributed by atoms with van der Waals surface area (Å²) in [6, 6.07) is 12.7. The zero-order valence-electron chi connectivity index (χ0n) is 21.4. The van der Waals surface area contributed by atoms with Gasteiger partial charge in [0.1, 0.15) is 18.1 Å². The third-order valence-electron chi connectivity index (χ3n) is 5.48. The molecule has 8 heteroatoms. The summed E-state index contributed by atoms with van der Waals surface area (Å²) in [5.41, 5.74) is 2.51. The number of carbonyl (C=O) groups excluding carboxylic acids is 1. The molecule has 0 saturated carbocycles. The molecule has 35 heavy (non-hydrogen) atoms. The van der Waals surface area contributed by atoms with E-state index in [1.54, 1.807) is 31.1 Å². The molecule has 8 nitrogen and oxygen atoms in total. The predicted molar refractivity (Wildman–Crippen MR) is 136 cm³/mol. The molecule has 0 aliphatic rings. The van der Waals surface area contributed by atoms with Crippen LogP contribution in [0.15, 0.2) is 42.5 Å². The molecule has 2 rings (SSSR count). The van der Waals surface area contributed by atoms with Crippen LogP contribution < -0.4 is 14.8 Å². The Hall–Kier alpha value is -3.26. The lowest BCUT2D eigenvalue weighted by Gasteiger charge is -2.24. The molecular formula is C27H38N2O6. The zero-order chi connectivity index (χ0) is 25.8. The Labute approximate surface area is 208 Å². The number of carbonyl (C=O) groups is 2. The van der Waals surface area contributed by atoms with Crippen molar-refractivity contribution < 1.29 is 28.9 Å². The fraction of sp³-hybridized carbons (Fsp3) is 0.481. The van der Waals surface area contributed by atoms with Crippen LogP contribution in [0, 0.1) is 12.8 Å². The smallest absolute Gasteiger partial charge is 0.333 e. The molecule has 1 atom stereocenters. The van der Waals surface area contributed by atoms with Crippen molar-refractivity contribution in [3.8, 4) is 11.5 Å². The lowest BCUT2D eigenvalue weighted by Crippen LogP contribution is -2.39. The van der Waals surface area contributed by atoms with E-state index in [0.29, 0.717) is 49.4 Å². The van der Waals surface area contributed by atoms with Crippen LogP contribution in [0.4, 0.5) is 10.5 Å². The summed E-state index contributed by atoms with van der Waals surface area (Å²) >= 11 is 0. The van der Waals surface area contributed by atoms with E-state index in [4.69, 9.17) is 14.2 Å². The predicted octanol–water partition coefficient (Wildman–Crippen LogP) is 4.99. The molecule has 2 N–H and O–H groups in total. The van der Waals surface area contributed by atoms with Gasteiger partial charge in [0, 0.05) is 19.6 Å². The number of amides is 2. The highest BCUT2D eigenvalue weighted by atomic mass is 16.5. The van der Waals surface area contributed by atoms with Crippen LogP contribution in [-0.2, 0) is 16.0 Å². The number of hydrogen-bond acceptors (Lipinski definition) is 5. The van der Waals surface area contributed by atoms with Gasteiger partial charge in [-0.2, -0.15) is 0 Å². The summed E-state index contributed by atoms with van der Waals surface area (Å²) in [5.74, 6) is 0.744. The van der Waals surface area contributed by atoms with Crippen LogP contribution in [0.2, 0.25) is 0 Å². The van der Waals surface area contributed by atoms with E-state index in [-0.39, 0.29) is 12.5 Å². The normalized spacial score (nSPS) is 11.7. The van der Waals surface area contributed by atoms with Crippen molar-refractivity contribution in [1.29, 1.82) is 0 Å². The summed E-state index contributed by atoms with van der Waals surface area (Å²) in [7, 11) is 1.58. The van der Waals surface area contributed by atoms with Crippen molar-refractivity contribution in [2.24, 2.45) is 5.92 Å². The number of aryl methyl sites for hydroxylation is 1. The standard InChI is InChI=1S/C27H38N2O6/c1-6-34-25(26(30)31)18-21-8-10-22(11-9-21)35-16-15-29(14-13-19(2)3)27(32)28-23-17-20(4)7-12-24(23)33-5/h7-12,17,19,25H,6,13-16,18H2,1-5H3,(H,28,32)(H,30,31). The summed E-state index contributed by atoms with van der Waals surface area (Å²) < 4.78 is 16.5. The molecule has 192 valence electrons. The van der Waals surface area contributed by atoms with Gasteiger partial charge in [0.25, 0.3) is 0 Å². The highest BCUT2D eigenvalue weighted by molar-refractivity contribution is 5.91. The maximum Gasteiger partial charge on any atom is 0.333 e. The van der Waals surface area contributed by atoms with Gasteiger partial charge < -0.3 is 29.5 Å². The largest absolute Gasteiger partial charge is 0.495 e. The van der Waals surface area contributed by atoms with Gasteiger partial charge in [0.2, 0.25) is 0 Å². The number of benzene rings is 2. The molecule has 2 aromatic carbocycles. The van der Waals surface area contributed by atoms with E-state index in [1.165, 1.54) is 0 Å². The number of carboxylic acids is 1. The Morgan fingerprint density at radius 2 is 1.80 bits per heavy atom. The highest BCUT2D eigenvalue weighted by Crippen LogP contribution is 2.25. The number of methoxy groups -OCH3 is 1. The van der Waals surface area contributed by atoms with Crippen LogP contribution in [0.5, 0.6) is 11.5 Å². The molecule has 0 radical (unpaired) electrons. The summed E-state index contributed by atoms with van der Waals surface area (Å²) in [4.78, 5) is 26.1. The number of ether oxygens (including phenoxy) is 3. The van der Waals surface area contributed by atoms with Crippen LogP contribution >= 0.6 is 0 Å². The first-order valence-corrected chi connectivity index (χ1v) is 12.0. The number of urea groups is 1. The Morgan fingerprint density at radius 3 is 2.40 bits per heavy atom. The van der Waals surface area contributed by atoms with Crippen molar-refractivity contribution in [2.75, 3.05) is 38.7 Å². The van der Waals surface area contributed by atoms with Crippen molar-refractivity contribution >= 4 is 17.7 Å². The average Bonchev–Trinajstić information content (AvgIpc) is 2.81. The molecule has 2 aromatic rings. The van der Waals surface area contributed by atoms with Crippen molar-refractivity contribution in [1.82, 2.24) is 4.90 Å². The van der Waals surface area contributed by atoms with Gasteiger partial charge in [-0.05, 0) is 61.6 Å². The zero-order valence-corrected chi connectivity index (χ0v) is 21.4. The minimum atomic E-state index is -0.977. The number of carboxylic acid groups (broad SMARTS) is 1. The third-order valence-corrected chi connectivity index (χ3v) is 5.48. The van der Waals surface area contributed by atoms with Gasteiger partial charge in [-0.15, -0.1) is 0 Å². The number of nitrogens with zero attached hydrogens (tertiary/aromatic N) is 1. The Morgan fingerprint density at radius 1 is 1.09 bits per heavy atom. The number of anilines is 1. The summed E-state index contributed by atoms with van der Waals surface area (Å²) in [5, 5.41) is 12.2. The van der Waals surface area contributed by atoms with E-state index in [2.05, 4.69) is 19.2 Å². The maximum absolute atomic E-state index is 13.0. The number of rotatable bonds is 14. The van der Waals surface area contributed by atoms with Crippen molar-refractivity contribution in [2.45, 2.75) is 46.6 Å². The second-order valence-electron chi connectivity index (χ2n) is 8.78. The maximum atomic E-state index is 13.0. The first-order chi connectivity index (χ1) is 16.7. The Kier molecular flexibility index (Phi) is 11.4.